The third-order valence-corrected chi connectivity index (χ3v) is 8.75. The van der Waals surface area contributed by atoms with E-state index in [1.54, 1.807) is 23.5 Å². The molecule has 4 aliphatic heterocycles. The lowest BCUT2D eigenvalue weighted by Gasteiger charge is -2.35. The number of thiophene rings is 1. The second kappa shape index (κ2) is 10.4. The van der Waals surface area contributed by atoms with Crippen LogP contribution in [0, 0.1) is 0 Å². The van der Waals surface area contributed by atoms with Crippen LogP contribution in [0.3, 0.4) is 0 Å². The van der Waals surface area contributed by atoms with Gasteiger partial charge in [0.1, 0.15) is 0 Å². The Kier molecular flexibility index (Phi) is 6.52. The molecule has 0 unspecified atom stereocenters. The van der Waals surface area contributed by atoms with Gasteiger partial charge in [0.05, 0.1) is 41.1 Å². The molecule has 0 atom stereocenters. The summed E-state index contributed by atoms with van der Waals surface area (Å²) in [5.74, 6) is 0.168. The number of morpholine rings is 1. The van der Waals surface area contributed by atoms with Crippen LogP contribution in [0.4, 0.5) is 16.6 Å². The molecule has 212 valence electrons. The van der Waals surface area contributed by atoms with Crippen LogP contribution >= 0.6 is 11.3 Å². The highest BCUT2D eigenvalue weighted by atomic mass is 32.1. The normalized spacial score (nSPS) is 20.3. The Morgan fingerprint density at radius 1 is 0.854 bits per heavy atom. The monoisotopic (exact) mass is 576 g/mol. The molecular weight excluding hydrogens is 548 g/mol. The van der Waals surface area contributed by atoms with Crippen molar-refractivity contribution in [1.29, 1.82) is 0 Å². The number of nitrogens with zero attached hydrogens (tertiary/aromatic N) is 7. The molecule has 1 N–H and O–H groups in total. The Labute approximate surface area is 239 Å². The quantitative estimate of drug-likeness (QED) is 0.444. The van der Waals surface area contributed by atoms with Crippen LogP contribution in [-0.4, -0.2) is 108 Å². The summed E-state index contributed by atoms with van der Waals surface area (Å²) in [4.78, 5) is 66.5. The standard InChI is InChI=1S/C27H28N8O5S/c36-21-3-5-34(27(39)29-21)35-24(37)18-2-1-17(15-19(18)25(35)38)16-31-6-8-33(9-7-31)26-28-20-4-14-41-22(20)23(30-26)32-10-12-40-13-11-32/h1-2,4,14-15H,3,5-13,16H2,(H,29,36,39). The fourth-order valence-corrected chi connectivity index (χ4v) is 6.52. The summed E-state index contributed by atoms with van der Waals surface area (Å²) in [7, 11) is 0. The van der Waals surface area contributed by atoms with Crippen LogP contribution in [0.1, 0.15) is 32.7 Å². The van der Waals surface area contributed by atoms with Gasteiger partial charge in [-0.05, 0) is 29.1 Å². The van der Waals surface area contributed by atoms with Crippen molar-refractivity contribution in [3.63, 3.8) is 0 Å². The highest BCUT2D eigenvalue weighted by molar-refractivity contribution is 7.17. The van der Waals surface area contributed by atoms with Crippen molar-refractivity contribution in [2.45, 2.75) is 13.0 Å². The number of hydrazine groups is 1. The largest absolute Gasteiger partial charge is 0.378 e. The van der Waals surface area contributed by atoms with Crippen LogP contribution < -0.4 is 15.1 Å². The number of benzene rings is 1. The molecule has 0 saturated carbocycles. The summed E-state index contributed by atoms with van der Waals surface area (Å²) in [5, 5.41) is 6.06. The lowest BCUT2D eigenvalue weighted by atomic mass is 10.1. The summed E-state index contributed by atoms with van der Waals surface area (Å²) in [6.45, 7) is 6.71. The van der Waals surface area contributed by atoms with E-state index in [2.05, 4.69) is 25.4 Å². The molecule has 41 heavy (non-hydrogen) atoms. The number of urea groups is 1. The molecule has 14 heteroatoms. The van der Waals surface area contributed by atoms with Gasteiger partial charge in [-0.1, -0.05) is 6.07 Å². The molecule has 0 radical (unpaired) electrons. The van der Waals surface area contributed by atoms with E-state index in [0.717, 1.165) is 76.8 Å². The van der Waals surface area contributed by atoms with Gasteiger partial charge >= 0.3 is 6.03 Å². The maximum atomic E-state index is 13.1. The zero-order chi connectivity index (χ0) is 28.1. The van der Waals surface area contributed by atoms with E-state index in [0.29, 0.717) is 19.8 Å². The number of hydrogen-bond donors (Lipinski definition) is 1. The minimum Gasteiger partial charge on any atom is -0.378 e. The first-order valence-corrected chi connectivity index (χ1v) is 14.5. The molecular formula is C27H28N8O5S. The van der Waals surface area contributed by atoms with Gasteiger partial charge in [-0.3, -0.25) is 24.6 Å². The average molecular weight is 577 g/mol. The first kappa shape index (κ1) is 25.8. The topological polar surface area (TPSA) is 132 Å². The van der Waals surface area contributed by atoms with E-state index < -0.39 is 23.8 Å². The number of piperazine rings is 1. The third-order valence-electron chi connectivity index (χ3n) is 7.85. The first-order chi connectivity index (χ1) is 20.0. The Hall–Kier alpha value is -4.14. The van der Waals surface area contributed by atoms with Crippen molar-refractivity contribution >= 4 is 57.1 Å². The molecule has 0 bridgehead atoms. The van der Waals surface area contributed by atoms with Crippen molar-refractivity contribution in [1.82, 2.24) is 30.2 Å². The number of aromatic nitrogens is 2. The van der Waals surface area contributed by atoms with Gasteiger partial charge in [0.15, 0.2) is 5.82 Å². The minimum absolute atomic E-state index is 0.0235. The van der Waals surface area contributed by atoms with Gasteiger partial charge in [-0.25, -0.2) is 14.8 Å². The summed E-state index contributed by atoms with van der Waals surface area (Å²) in [6, 6.07) is 6.50. The van der Waals surface area contributed by atoms with Crippen LogP contribution in [0.15, 0.2) is 29.6 Å². The second-order valence-electron chi connectivity index (χ2n) is 10.4. The predicted octanol–water partition coefficient (Wildman–Crippen LogP) is 1.30. The number of nitrogens with one attached hydrogen (secondary N) is 1. The fourth-order valence-electron chi connectivity index (χ4n) is 5.67. The van der Waals surface area contributed by atoms with E-state index in [-0.39, 0.29) is 24.1 Å². The number of ether oxygens (including phenoxy) is 1. The van der Waals surface area contributed by atoms with E-state index in [9.17, 15) is 19.2 Å². The van der Waals surface area contributed by atoms with Crippen LogP contribution in [-0.2, 0) is 16.1 Å². The van der Waals surface area contributed by atoms with E-state index in [1.807, 2.05) is 12.1 Å². The zero-order valence-electron chi connectivity index (χ0n) is 22.2. The first-order valence-electron chi connectivity index (χ1n) is 13.6. The van der Waals surface area contributed by atoms with Gasteiger partial charge < -0.3 is 14.5 Å². The average Bonchev–Trinajstić information content (AvgIpc) is 3.56. The summed E-state index contributed by atoms with van der Waals surface area (Å²) in [5.41, 5.74) is 2.39. The predicted molar refractivity (Wildman–Crippen MR) is 150 cm³/mol. The number of rotatable bonds is 5. The van der Waals surface area contributed by atoms with E-state index in [1.165, 1.54) is 0 Å². The molecule has 6 heterocycles. The molecule has 1 aromatic carbocycles. The highest BCUT2D eigenvalue weighted by Crippen LogP contribution is 2.32. The van der Waals surface area contributed by atoms with E-state index in [4.69, 9.17) is 14.7 Å². The highest BCUT2D eigenvalue weighted by Gasteiger charge is 2.43. The molecule has 0 spiro atoms. The molecule has 5 amide bonds. The number of hydrogen-bond acceptors (Lipinski definition) is 11. The van der Waals surface area contributed by atoms with Crippen LogP contribution in [0.2, 0.25) is 0 Å². The summed E-state index contributed by atoms with van der Waals surface area (Å²) < 4.78 is 6.64. The SMILES string of the molecule is O=C1CCN(N2C(=O)c3ccc(CN4CCN(c5nc(N6CCOCC6)c6sccc6n5)CC4)cc3C2=O)C(=O)N1. The van der Waals surface area contributed by atoms with Crippen molar-refractivity contribution in [3.05, 3.63) is 46.3 Å². The van der Waals surface area contributed by atoms with Crippen LogP contribution in [0.25, 0.3) is 10.2 Å². The number of anilines is 2. The zero-order valence-corrected chi connectivity index (χ0v) is 23.1. The van der Waals surface area contributed by atoms with Crippen molar-refractivity contribution in [3.8, 4) is 0 Å². The lowest BCUT2D eigenvalue weighted by Crippen LogP contribution is -2.58. The second-order valence-corrected chi connectivity index (χ2v) is 11.3. The molecule has 0 aliphatic carbocycles. The molecule has 13 nitrogen and oxygen atoms in total. The molecule has 7 rings (SSSR count). The number of imide groups is 2. The maximum Gasteiger partial charge on any atom is 0.343 e. The Bertz CT molecular complexity index is 1560. The van der Waals surface area contributed by atoms with E-state index >= 15 is 0 Å². The number of fused-ring (bicyclic) bond motifs is 2. The molecule has 3 saturated heterocycles. The van der Waals surface area contributed by atoms with Crippen molar-refractivity contribution in [2.75, 3.05) is 68.8 Å². The van der Waals surface area contributed by atoms with Gasteiger partial charge in [0, 0.05) is 52.2 Å². The van der Waals surface area contributed by atoms with Gasteiger partial charge in [0.25, 0.3) is 11.8 Å². The van der Waals surface area contributed by atoms with Gasteiger partial charge in [-0.2, -0.15) is 9.99 Å². The maximum absolute atomic E-state index is 13.1. The summed E-state index contributed by atoms with van der Waals surface area (Å²) >= 11 is 1.66. The smallest absolute Gasteiger partial charge is 0.343 e. The van der Waals surface area contributed by atoms with Crippen LogP contribution in [0.5, 0.6) is 0 Å². The van der Waals surface area contributed by atoms with Gasteiger partial charge in [0.2, 0.25) is 11.9 Å². The molecule has 2 aromatic heterocycles. The fraction of sp³-hybridized carbons (Fsp3) is 0.407. The molecule has 3 fully saturated rings. The van der Waals surface area contributed by atoms with Crippen molar-refractivity contribution < 1.29 is 23.9 Å². The Balaban J connectivity index is 1.03. The lowest BCUT2D eigenvalue weighted by molar-refractivity contribution is -0.122. The third kappa shape index (κ3) is 4.67. The number of amides is 5. The van der Waals surface area contributed by atoms with Crippen molar-refractivity contribution in [2.24, 2.45) is 0 Å². The Morgan fingerprint density at radius 3 is 2.41 bits per heavy atom. The molecule has 4 aliphatic rings. The molecule has 3 aromatic rings. The minimum atomic E-state index is -0.770. The Morgan fingerprint density at radius 2 is 1.63 bits per heavy atom. The number of carbonyl (C=O) groups is 4. The summed E-state index contributed by atoms with van der Waals surface area (Å²) in [6.07, 6.45) is 0.0249. The number of carbonyl (C=O) groups excluding carboxylic acids is 4. The van der Waals surface area contributed by atoms with Gasteiger partial charge in [-0.15, -0.1) is 11.3 Å².